The molecule has 0 saturated heterocycles. The second-order valence-corrected chi connectivity index (χ2v) is 5.64. The summed E-state index contributed by atoms with van der Waals surface area (Å²) in [6.45, 7) is 7.04. The lowest BCUT2D eigenvalue weighted by atomic mass is 10.0. The molecular formula is C16H19BrN2O2. The molecule has 0 atom stereocenters. The number of pyridine rings is 1. The third-order valence-corrected chi connectivity index (χ3v) is 3.87. The molecule has 1 aromatic heterocycles. The molecule has 1 heterocycles. The molecule has 0 aliphatic heterocycles. The van der Waals surface area contributed by atoms with E-state index in [9.17, 15) is 4.79 Å². The molecule has 0 saturated carbocycles. The molecule has 1 aromatic carbocycles. The highest BCUT2D eigenvalue weighted by Gasteiger charge is 2.18. The van der Waals surface area contributed by atoms with Gasteiger partial charge in [0.15, 0.2) is 0 Å². The van der Waals surface area contributed by atoms with E-state index in [0.717, 1.165) is 39.6 Å². The van der Waals surface area contributed by atoms with E-state index in [1.54, 1.807) is 13.1 Å². The van der Waals surface area contributed by atoms with Gasteiger partial charge in [0.1, 0.15) is 5.56 Å². The molecule has 2 rings (SSSR count). The Hall–Kier alpha value is -1.62. The van der Waals surface area contributed by atoms with Crippen LogP contribution in [0.25, 0.3) is 10.9 Å². The predicted octanol–water partition coefficient (Wildman–Crippen LogP) is 4.30. The zero-order valence-electron chi connectivity index (χ0n) is 12.5. The quantitative estimate of drug-likeness (QED) is 0.816. The number of esters is 1. The number of nitrogens with zero attached hydrogens (tertiary/aromatic N) is 1. The highest BCUT2D eigenvalue weighted by molar-refractivity contribution is 9.10. The molecule has 0 bridgehead atoms. The lowest BCUT2D eigenvalue weighted by molar-refractivity contribution is 0.0527. The predicted molar refractivity (Wildman–Crippen MR) is 88.9 cm³/mol. The van der Waals surface area contributed by atoms with E-state index in [0.29, 0.717) is 12.2 Å². The summed E-state index contributed by atoms with van der Waals surface area (Å²) < 4.78 is 6.05. The number of anilines is 1. The van der Waals surface area contributed by atoms with Gasteiger partial charge >= 0.3 is 5.97 Å². The first kappa shape index (κ1) is 15.8. The molecule has 0 unspecified atom stereocenters. The van der Waals surface area contributed by atoms with E-state index >= 15 is 0 Å². The van der Waals surface area contributed by atoms with Gasteiger partial charge in [-0.2, -0.15) is 0 Å². The smallest absolute Gasteiger partial charge is 0.341 e. The number of nitrogens with one attached hydrogen (secondary N) is 1. The van der Waals surface area contributed by atoms with Crippen LogP contribution in [0.5, 0.6) is 0 Å². The van der Waals surface area contributed by atoms with Crippen molar-refractivity contribution >= 4 is 38.5 Å². The molecule has 0 spiro atoms. The van der Waals surface area contributed by atoms with Crippen LogP contribution in [0.1, 0.15) is 36.2 Å². The van der Waals surface area contributed by atoms with Gasteiger partial charge in [-0.05, 0) is 47.8 Å². The fourth-order valence-corrected chi connectivity index (χ4v) is 2.67. The molecule has 0 aliphatic rings. The Morgan fingerprint density at radius 2 is 2.14 bits per heavy atom. The maximum absolute atomic E-state index is 12.2. The fraction of sp³-hybridized carbons (Fsp3) is 0.375. The molecule has 5 heteroatoms. The van der Waals surface area contributed by atoms with Crippen molar-refractivity contribution in [3.8, 4) is 0 Å². The average molecular weight is 351 g/mol. The summed E-state index contributed by atoms with van der Waals surface area (Å²) in [5.41, 5.74) is 3.21. The molecule has 112 valence electrons. The molecule has 0 amide bonds. The van der Waals surface area contributed by atoms with Gasteiger partial charge in [0, 0.05) is 22.6 Å². The molecule has 4 nitrogen and oxygen atoms in total. The van der Waals surface area contributed by atoms with Crippen molar-refractivity contribution in [3.05, 3.63) is 33.9 Å². The van der Waals surface area contributed by atoms with Crippen molar-refractivity contribution in [1.82, 2.24) is 4.98 Å². The molecule has 0 radical (unpaired) electrons. The number of benzene rings is 1. The second-order valence-electron chi connectivity index (χ2n) is 4.78. The lowest BCUT2D eigenvalue weighted by Gasteiger charge is -2.15. The van der Waals surface area contributed by atoms with Crippen LogP contribution in [-0.2, 0) is 4.74 Å². The number of aryl methyl sites for hydroxylation is 1. The topological polar surface area (TPSA) is 51.2 Å². The van der Waals surface area contributed by atoms with Crippen LogP contribution in [0.3, 0.4) is 0 Å². The second kappa shape index (κ2) is 6.89. The fourth-order valence-electron chi connectivity index (χ4n) is 2.23. The van der Waals surface area contributed by atoms with E-state index in [1.807, 2.05) is 19.1 Å². The van der Waals surface area contributed by atoms with E-state index < -0.39 is 0 Å². The van der Waals surface area contributed by atoms with Crippen molar-refractivity contribution in [1.29, 1.82) is 0 Å². The Kier molecular flexibility index (Phi) is 5.17. The largest absolute Gasteiger partial charge is 0.462 e. The van der Waals surface area contributed by atoms with E-state index in [2.05, 4.69) is 33.2 Å². The number of halogens is 1. The molecule has 21 heavy (non-hydrogen) atoms. The van der Waals surface area contributed by atoms with Crippen LogP contribution < -0.4 is 5.32 Å². The Morgan fingerprint density at radius 1 is 1.38 bits per heavy atom. The van der Waals surface area contributed by atoms with Gasteiger partial charge in [-0.3, -0.25) is 4.98 Å². The number of hydrogen-bond acceptors (Lipinski definition) is 4. The molecule has 2 aromatic rings. The summed E-state index contributed by atoms with van der Waals surface area (Å²) in [6, 6.07) is 3.98. The van der Waals surface area contributed by atoms with Gasteiger partial charge < -0.3 is 10.1 Å². The Balaban J connectivity index is 2.69. The highest BCUT2D eigenvalue weighted by atomic mass is 79.9. The SMILES string of the molecule is CCCNc1c(C(=O)OCC)cnc2c(Br)ccc(C)c12. The first-order chi connectivity index (χ1) is 10.1. The van der Waals surface area contributed by atoms with Crippen LogP contribution >= 0.6 is 15.9 Å². The zero-order valence-corrected chi connectivity index (χ0v) is 14.1. The third-order valence-electron chi connectivity index (χ3n) is 3.23. The first-order valence-corrected chi connectivity index (χ1v) is 7.88. The molecule has 0 fully saturated rings. The van der Waals surface area contributed by atoms with Gasteiger partial charge in [0.05, 0.1) is 17.8 Å². The van der Waals surface area contributed by atoms with E-state index in [-0.39, 0.29) is 5.97 Å². The van der Waals surface area contributed by atoms with Crippen LogP contribution in [-0.4, -0.2) is 24.1 Å². The van der Waals surface area contributed by atoms with Crippen molar-refractivity contribution < 1.29 is 9.53 Å². The molecule has 0 aliphatic carbocycles. The number of carbonyl (C=O) groups excluding carboxylic acids is 1. The van der Waals surface area contributed by atoms with Crippen LogP contribution in [0.2, 0.25) is 0 Å². The van der Waals surface area contributed by atoms with Gasteiger partial charge in [-0.15, -0.1) is 0 Å². The van der Waals surface area contributed by atoms with Crippen molar-refractivity contribution in [2.75, 3.05) is 18.5 Å². The Bertz CT molecular complexity index is 671. The summed E-state index contributed by atoms with van der Waals surface area (Å²) in [5.74, 6) is -0.343. The molecule has 1 N–H and O–H groups in total. The van der Waals surface area contributed by atoms with Crippen molar-refractivity contribution in [2.45, 2.75) is 27.2 Å². The van der Waals surface area contributed by atoms with Gasteiger partial charge in [-0.25, -0.2) is 4.79 Å². The normalized spacial score (nSPS) is 10.7. The maximum Gasteiger partial charge on any atom is 0.341 e. The summed E-state index contributed by atoms with van der Waals surface area (Å²) >= 11 is 3.52. The minimum absolute atomic E-state index is 0.343. The summed E-state index contributed by atoms with van der Waals surface area (Å²) in [6.07, 6.45) is 2.56. The van der Waals surface area contributed by atoms with E-state index in [1.165, 1.54) is 0 Å². The van der Waals surface area contributed by atoms with Gasteiger partial charge in [0.25, 0.3) is 0 Å². The standard InChI is InChI=1S/C16H19BrN2O2/c1-4-8-18-14-11(16(20)21-5-2)9-19-15-12(17)7-6-10(3)13(14)15/h6-7,9H,4-5,8H2,1-3H3,(H,18,19). The van der Waals surface area contributed by atoms with Crippen molar-refractivity contribution in [2.24, 2.45) is 0 Å². The van der Waals surface area contributed by atoms with Crippen LogP contribution in [0, 0.1) is 6.92 Å². The van der Waals surface area contributed by atoms with Gasteiger partial charge in [0.2, 0.25) is 0 Å². The maximum atomic E-state index is 12.2. The van der Waals surface area contributed by atoms with Crippen LogP contribution in [0.4, 0.5) is 5.69 Å². The number of fused-ring (bicyclic) bond motifs is 1. The van der Waals surface area contributed by atoms with Gasteiger partial charge in [-0.1, -0.05) is 13.0 Å². The van der Waals surface area contributed by atoms with Crippen molar-refractivity contribution in [3.63, 3.8) is 0 Å². The number of rotatable bonds is 5. The van der Waals surface area contributed by atoms with Crippen LogP contribution in [0.15, 0.2) is 22.8 Å². The number of carbonyl (C=O) groups is 1. The minimum Gasteiger partial charge on any atom is -0.462 e. The monoisotopic (exact) mass is 350 g/mol. The average Bonchev–Trinajstić information content (AvgIpc) is 2.48. The summed E-state index contributed by atoms with van der Waals surface area (Å²) in [7, 11) is 0. The third kappa shape index (κ3) is 3.18. The Labute approximate surface area is 133 Å². The number of ether oxygens (including phenoxy) is 1. The number of aromatic nitrogens is 1. The lowest BCUT2D eigenvalue weighted by Crippen LogP contribution is -2.12. The minimum atomic E-state index is -0.343. The number of hydrogen-bond donors (Lipinski definition) is 1. The first-order valence-electron chi connectivity index (χ1n) is 7.08. The zero-order chi connectivity index (χ0) is 15.4. The highest BCUT2D eigenvalue weighted by Crippen LogP contribution is 2.33. The summed E-state index contributed by atoms with van der Waals surface area (Å²) in [4.78, 5) is 16.6. The molecular weight excluding hydrogens is 332 g/mol. The van der Waals surface area contributed by atoms with E-state index in [4.69, 9.17) is 4.74 Å². The summed E-state index contributed by atoms with van der Waals surface area (Å²) in [5, 5.41) is 4.31. The Morgan fingerprint density at radius 3 is 2.81 bits per heavy atom.